The Morgan fingerprint density at radius 1 is 0.871 bits per heavy atom. The molecule has 3 aromatic carbocycles. The van der Waals surface area contributed by atoms with Crippen LogP contribution in [0.5, 0.6) is 0 Å². The summed E-state index contributed by atoms with van der Waals surface area (Å²) in [5.74, 6) is -0.935. The van der Waals surface area contributed by atoms with Crippen LogP contribution in [0.2, 0.25) is 10.0 Å². The molecule has 0 aliphatic carbocycles. The fourth-order valence-corrected chi connectivity index (χ4v) is 3.87. The molecule has 4 rings (SSSR count). The molecule has 4 nitrogen and oxygen atoms in total. The molecular formula is C25H20Cl2N2O2. The lowest BCUT2D eigenvalue weighted by Gasteiger charge is -2.17. The summed E-state index contributed by atoms with van der Waals surface area (Å²) in [5, 5.41) is 3.59. The fourth-order valence-electron chi connectivity index (χ4n) is 3.49. The van der Waals surface area contributed by atoms with E-state index >= 15 is 0 Å². The van der Waals surface area contributed by atoms with Crippen LogP contribution in [0.1, 0.15) is 23.6 Å². The maximum atomic E-state index is 13.5. The quantitative estimate of drug-likeness (QED) is 0.466. The number of hydrogen-bond donors (Lipinski definition) is 1. The fraction of sp³-hybridized carbons (Fsp3) is 0.120. The lowest BCUT2D eigenvalue weighted by atomic mass is 10.0. The Hall–Kier alpha value is -3.08. The molecular weight excluding hydrogens is 431 g/mol. The van der Waals surface area contributed by atoms with Crippen molar-refractivity contribution in [2.24, 2.45) is 0 Å². The number of anilines is 2. The van der Waals surface area contributed by atoms with Crippen molar-refractivity contribution in [3.05, 3.63) is 99.2 Å². The number of hydrogen-bond acceptors (Lipinski definition) is 3. The molecule has 31 heavy (non-hydrogen) atoms. The summed E-state index contributed by atoms with van der Waals surface area (Å²) >= 11 is 12.5. The summed E-state index contributed by atoms with van der Waals surface area (Å²) in [4.78, 5) is 28.0. The van der Waals surface area contributed by atoms with Crippen molar-refractivity contribution in [3.8, 4) is 0 Å². The summed E-state index contributed by atoms with van der Waals surface area (Å²) in [6, 6.07) is 20.1. The summed E-state index contributed by atoms with van der Waals surface area (Å²) in [6.45, 7) is 4.04. The first-order valence-corrected chi connectivity index (χ1v) is 10.7. The molecule has 0 spiro atoms. The highest BCUT2D eigenvalue weighted by molar-refractivity contribution is 6.50. The molecule has 0 saturated heterocycles. The smallest absolute Gasteiger partial charge is 0.282 e. The van der Waals surface area contributed by atoms with E-state index in [0.29, 0.717) is 11.1 Å². The molecule has 1 heterocycles. The molecule has 6 heteroatoms. The number of carbonyl (C=O) groups excluding carboxylic acids is 2. The summed E-state index contributed by atoms with van der Waals surface area (Å²) < 4.78 is 0. The molecule has 0 aromatic heterocycles. The van der Waals surface area contributed by atoms with Gasteiger partial charge in [-0.25, -0.2) is 4.90 Å². The van der Waals surface area contributed by atoms with Gasteiger partial charge < -0.3 is 5.32 Å². The van der Waals surface area contributed by atoms with Crippen LogP contribution >= 0.6 is 23.2 Å². The number of amides is 2. The minimum absolute atomic E-state index is 0.155. The van der Waals surface area contributed by atoms with Crippen molar-refractivity contribution < 1.29 is 9.59 Å². The van der Waals surface area contributed by atoms with Gasteiger partial charge in [0.15, 0.2) is 0 Å². The van der Waals surface area contributed by atoms with E-state index in [1.807, 2.05) is 55.5 Å². The number of rotatable bonds is 5. The van der Waals surface area contributed by atoms with Crippen LogP contribution in [0.25, 0.3) is 5.57 Å². The Morgan fingerprint density at radius 3 is 2.19 bits per heavy atom. The van der Waals surface area contributed by atoms with Gasteiger partial charge in [0.25, 0.3) is 11.8 Å². The van der Waals surface area contributed by atoms with E-state index in [2.05, 4.69) is 12.2 Å². The summed E-state index contributed by atoms with van der Waals surface area (Å²) in [6.07, 6.45) is 0.913. The van der Waals surface area contributed by atoms with Crippen LogP contribution in [-0.2, 0) is 16.0 Å². The van der Waals surface area contributed by atoms with Crippen molar-refractivity contribution in [1.29, 1.82) is 0 Å². The monoisotopic (exact) mass is 450 g/mol. The Bertz CT molecular complexity index is 1200. The molecule has 1 aliphatic rings. The van der Waals surface area contributed by atoms with Crippen LogP contribution in [0.15, 0.2) is 72.4 Å². The SMILES string of the molecule is CCc1ccc(NC2=C(c3ccc(C)cc3)C(=O)N(c3cccc(Cl)c3Cl)C2=O)cc1. The largest absolute Gasteiger partial charge is 0.350 e. The first kappa shape index (κ1) is 21.2. The zero-order valence-corrected chi connectivity index (χ0v) is 18.6. The lowest BCUT2D eigenvalue weighted by molar-refractivity contribution is -0.120. The summed E-state index contributed by atoms with van der Waals surface area (Å²) in [5.41, 5.74) is 4.36. The highest BCUT2D eigenvalue weighted by atomic mass is 35.5. The molecule has 0 saturated carbocycles. The van der Waals surface area contributed by atoms with Gasteiger partial charge in [-0.15, -0.1) is 0 Å². The summed E-state index contributed by atoms with van der Waals surface area (Å²) in [7, 11) is 0. The third-order valence-corrected chi connectivity index (χ3v) is 6.04. The maximum Gasteiger partial charge on any atom is 0.282 e. The molecule has 0 atom stereocenters. The van der Waals surface area contributed by atoms with Gasteiger partial charge in [-0.2, -0.15) is 0 Å². The molecule has 3 aromatic rings. The second-order valence-electron chi connectivity index (χ2n) is 7.31. The van der Waals surface area contributed by atoms with Gasteiger partial charge in [-0.3, -0.25) is 9.59 Å². The van der Waals surface area contributed by atoms with Crippen molar-refractivity contribution in [2.45, 2.75) is 20.3 Å². The highest BCUT2D eigenvalue weighted by Gasteiger charge is 2.41. The van der Waals surface area contributed by atoms with Gasteiger partial charge in [0.1, 0.15) is 5.70 Å². The number of benzene rings is 3. The van der Waals surface area contributed by atoms with Crippen molar-refractivity contribution >= 4 is 52.0 Å². The van der Waals surface area contributed by atoms with Gasteiger partial charge >= 0.3 is 0 Å². The molecule has 1 N–H and O–H groups in total. The number of nitrogens with one attached hydrogen (secondary N) is 1. The lowest BCUT2D eigenvalue weighted by Crippen LogP contribution is -2.32. The van der Waals surface area contributed by atoms with E-state index < -0.39 is 11.8 Å². The van der Waals surface area contributed by atoms with Crippen molar-refractivity contribution in [1.82, 2.24) is 0 Å². The average Bonchev–Trinajstić information content (AvgIpc) is 3.01. The Morgan fingerprint density at radius 2 is 1.55 bits per heavy atom. The minimum Gasteiger partial charge on any atom is -0.350 e. The first-order chi connectivity index (χ1) is 14.9. The highest BCUT2D eigenvalue weighted by Crippen LogP contribution is 2.39. The van der Waals surface area contributed by atoms with E-state index in [1.165, 1.54) is 5.56 Å². The topological polar surface area (TPSA) is 49.4 Å². The third kappa shape index (κ3) is 3.97. The predicted octanol–water partition coefficient (Wildman–Crippen LogP) is 6.26. The number of nitrogens with zero attached hydrogens (tertiary/aromatic N) is 1. The van der Waals surface area contributed by atoms with Gasteiger partial charge in [0.2, 0.25) is 0 Å². The van der Waals surface area contributed by atoms with E-state index in [4.69, 9.17) is 23.2 Å². The van der Waals surface area contributed by atoms with E-state index in [9.17, 15) is 9.59 Å². The van der Waals surface area contributed by atoms with E-state index in [0.717, 1.165) is 22.6 Å². The molecule has 0 fully saturated rings. The van der Waals surface area contributed by atoms with Gasteiger partial charge in [-0.05, 0) is 48.7 Å². The zero-order valence-electron chi connectivity index (χ0n) is 17.1. The standard InChI is InChI=1S/C25H20Cl2N2O2/c1-3-16-9-13-18(14-10-16)28-23-21(17-11-7-15(2)8-12-17)24(30)29(25(23)31)20-6-4-5-19(26)22(20)27/h4-14,28H,3H2,1-2H3. The molecule has 2 amide bonds. The van der Waals surface area contributed by atoms with Crippen molar-refractivity contribution in [3.63, 3.8) is 0 Å². The van der Waals surface area contributed by atoms with Crippen LogP contribution < -0.4 is 10.2 Å². The molecule has 0 bridgehead atoms. The van der Waals surface area contributed by atoms with Gasteiger partial charge in [0.05, 0.1) is 21.3 Å². The van der Waals surface area contributed by atoms with Crippen LogP contribution in [0.3, 0.4) is 0 Å². The minimum atomic E-state index is -0.482. The molecule has 1 aliphatic heterocycles. The molecule has 156 valence electrons. The van der Waals surface area contributed by atoms with Gasteiger partial charge in [-0.1, -0.05) is 78.2 Å². The number of aryl methyl sites for hydroxylation is 2. The Balaban J connectivity index is 1.82. The average molecular weight is 451 g/mol. The number of carbonyl (C=O) groups is 2. The third-order valence-electron chi connectivity index (χ3n) is 5.23. The maximum absolute atomic E-state index is 13.5. The Kier molecular flexibility index (Phi) is 5.86. The Labute approximate surface area is 191 Å². The second kappa shape index (κ2) is 8.58. The molecule has 0 radical (unpaired) electrons. The number of halogens is 2. The number of imide groups is 1. The van der Waals surface area contributed by atoms with Gasteiger partial charge in [0, 0.05) is 5.69 Å². The first-order valence-electron chi connectivity index (χ1n) is 9.90. The normalized spacial score (nSPS) is 13.9. The van der Waals surface area contributed by atoms with E-state index in [1.54, 1.807) is 18.2 Å². The molecule has 0 unspecified atom stereocenters. The predicted molar refractivity (Wildman–Crippen MR) is 126 cm³/mol. The second-order valence-corrected chi connectivity index (χ2v) is 8.10. The van der Waals surface area contributed by atoms with Crippen LogP contribution in [-0.4, -0.2) is 11.8 Å². The van der Waals surface area contributed by atoms with E-state index in [-0.39, 0.29) is 21.4 Å². The van der Waals surface area contributed by atoms with Crippen LogP contribution in [0, 0.1) is 6.92 Å². The van der Waals surface area contributed by atoms with Crippen molar-refractivity contribution in [2.75, 3.05) is 10.2 Å². The van der Waals surface area contributed by atoms with Crippen LogP contribution in [0.4, 0.5) is 11.4 Å². The zero-order chi connectivity index (χ0) is 22.1.